The third-order valence-corrected chi connectivity index (χ3v) is 9.30. The fraction of sp³-hybridized carbons (Fsp3) is 0.694. The van der Waals surface area contributed by atoms with Crippen LogP contribution in [0, 0.1) is 0 Å². The van der Waals surface area contributed by atoms with Crippen molar-refractivity contribution < 1.29 is 28.6 Å². The van der Waals surface area contributed by atoms with Crippen molar-refractivity contribution in [1.82, 2.24) is 0 Å². The SMILES string of the molecule is CC\C=C/C=C\C=C/C=C\CCCCCC(=O)OCC(COC(=O)CCCCCCCCCCCCC)OC(=O)CC/C=C\C/C=C\CCCCCCCC. The molecule has 0 rings (SSSR count). The normalized spacial score (nSPS) is 12.7. The molecule has 0 bridgehead atoms. The van der Waals surface area contributed by atoms with Gasteiger partial charge < -0.3 is 14.2 Å². The van der Waals surface area contributed by atoms with Gasteiger partial charge in [-0.3, -0.25) is 14.4 Å². The smallest absolute Gasteiger partial charge is 0.306 e. The van der Waals surface area contributed by atoms with E-state index >= 15 is 0 Å². The van der Waals surface area contributed by atoms with Gasteiger partial charge in [-0.15, -0.1) is 0 Å². The molecule has 0 aliphatic carbocycles. The van der Waals surface area contributed by atoms with Crippen LogP contribution in [0.25, 0.3) is 0 Å². The van der Waals surface area contributed by atoms with Crippen molar-refractivity contribution >= 4 is 17.9 Å². The first kappa shape index (κ1) is 51.9. The molecule has 0 aromatic carbocycles. The van der Waals surface area contributed by atoms with Gasteiger partial charge in [0, 0.05) is 19.3 Å². The van der Waals surface area contributed by atoms with Crippen LogP contribution in [0.1, 0.15) is 201 Å². The summed E-state index contributed by atoms with van der Waals surface area (Å²) in [4.78, 5) is 37.7. The van der Waals surface area contributed by atoms with Crippen LogP contribution in [0.4, 0.5) is 0 Å². The van der Waals surface area contributed by atoms with Gasteiger partial charge in [0.05, 0.1) is 0 Å². The van der Waals surface area contributed by atoms with E-state index in [9.17, 15) is 14.4 Å². The maximum Gasteiger partial charge on any atom is 0.306 e. The van der Waals surface area contributed by atoms with Crippen LogP contribution >= 0.6 is 0 Å². The Balaban J connectivity index is 4.53. The second-order valence-corrected chi connectivity index (χ2v) is 14.7. The first-order chi connectivity index (χ1) is 27.0. The number of ether oxygens (including phenoxy) is 3. The number of hydrogen-bond donors (Lipinski definition) is 0. The molecule has 0 saturated heterocycles. The zero-order valence-electron chi connectivity index (χ0n) is 35.7. The highest BCUT2D eigenvalue weighted by atomic mass is 16.6. The van der Waals surface area contributed by atoms with E-state index in [0.717, 1.165) is 64.2 Å². The van der Waals surface area contributed by atoms with Gasteiger partial charge in [0.15, 0.2) is 6.10 Å². The van der Waals surface area contributed by atoms with Crippen molar-refractivity contribution in [3.63, 3.8) is 0 Å². The van der Waals surface area contributed by atoms with Crippen LogP contribution in [-0.4, -0.2) is 37.2 Å². The van der Waals surface area contributed by atoms with E-state index in [4.69, 9.17) is 14.2 Å². The minimum absolute atomic E-state index is 0.110. The van der Waals surface area contributed by atoms with E-state index < -0.39 is 12.1 Å². The van der Waals surface area contributed by atoms with Crippen LogP contribution in [-0.2, 0) is 28.6 Å². The van der Waals surface area contributed by atoms with Crippen LogP contribution in [0.5, 0.6) is 0 Å². The lowest BCUT2D eigenvalue weighted by molar-refractivity contribution is -0.166. The molecular formula is C49H82O6. The summed E-state index contributed by atoms with van der Waals surface area (Å²) in [6.45, 7) is 6.37. The summed E-state index contributed by atoms with van der Waals surface area (Å²) < 4.78 is 16.6. The fourth-order valence-corrected chi connectivity index (χ4v) is 5.92. The van der Waals surface area contributed by atoms with E-state index in [1.807, 2.05) is 42.5 Å². The molecule has 6 heteroatoms. The zero-order valence-corrected chi connectivity index (χ0v) is 35.7. The molecule has 1 unspecified atom stereocenters. The van der Waals surface area contributed by atoms with Crippen molar-refractivity contribution in [2.45, 2.75) is 207 Å². The van der Waals surface area contributed by atoms with E-state index in [2.05, 4.69) is 51.2 Å². The van der Waals surface area contributed by atoms with Gasteiger partial charge >= 0.3 is 17.9 Å². The van der Waals surface area contributed by atoms with Crippen LogP contribution in [0.15, 0.2) is 72.9 Å². The monoisotopic (exact) mass is 767 g/mol. The van der Waals surface area contributed by atoms with E-state index in [0.29, 0.717) is 19.3 Å². The molecule has 1 atom stereocenters. The average molecular weight is 767 g/mol. The number of esters is 3. The summed E-state index contributed by atoms with van der Waals surface area (Å²) >= 11 is 0. The van der Waals surface area contributed by atoms with Crippen molar-refractivity contribution in [3.8, 4) is 0 Å². The van der Waals surface area contributed by atoms with Crippen molar-refractivity contribution in [2.24, 2.45) is 0 Å². The van der Waals surface area contributed by atoms with Crippen molar-refractivity contribution in [2.75, 3.05) is 13.2 Å². The highest BCUT2D eigenvalue weighted by Crippen LogP contribution is 2.13. The second-order valence-electron chi connectivity index (χ2n) is 14.7. The first-order valence-electron chi connectivity index (χ1n) is 22.5. The molecule has 314 valence electrons. The first-order valence-corrected chi connectivity index (χ1v) is 22.5. The van der Waals surface area contributed by atoms with Gasteiger partial charge in [-0.1, -0.05) is 196 Å². The Morgan fingerprint density at radius 2 is 0.818 bits per heavy atom. The molecule has 0 radical (unpaired) electrons. The predicted molar refractivity (Wildman–Crippen MR) is 233 cm³/mol. The maximum atomic E-state index is 12.7. The third-order valence-electron chi connectivity index (χ3n) is 9.30. The molecule has 0 fully saturated rings. The minimum Gasteiger partial charge on any atom is -0.462 e. The lowest BCUT2D eigenvalue weighted by Gasteiger charge is -2.18. The minimum atomic E-state index is -0.817. The van der Waals surface area contributed by atoms with E-state index in [1.165, 1.54) is 89.9 Å². The summed E-state index contributed by atoms with van der Waals surface area (Å²) in [6, 6.07) is 0. The number of rotatable bonds is 39. The quantitative estimate of drug-likeness (QED) is 0.0204. The summed E-state index contributed by atoms with van der Waals surface area (Å²) in [7, 11) is 0. The van der Waals surface area contributed by atoms with Crippen LogP contribution < -0.4 is 0 Å². The number of allylic oxidation sites excluding steroid dienone is 12. The number of unbranched alkanes of at least 4 members (excludes halogenated alkanes) is 19. The second kappa shape index (κ2) is 43.6. The van der Waals surface area contributed by atoms with Crippen molar-refractivity contribution in [3.05, 3.63) is 72.9 Å². The van der Waals surface area contributed by atoms with Gasteiger partial charge in [0.25, 0.3) is 0 Å². The highest BCUT2D eigenvalue weighted by Gasteiger charge is 2.19. The van der Waals surface area contributed by atoms with Crippen molar-refractivity contribution in [1.29, 1.82) is 0 Å². The molecule has 0 saturated carbocycles. The zero-order chi connectivity index (χ0) is 40.1. The fourth-order valence-electron chi connectivity index (χ4n) is 5.92. The van der Waals surface area contributed by atoms with Gasteiger partial charge in [-0.2, -0.15) is 0 Å². The number of carbonyl (C=O) groups excluding carboxylic acids is 3. The molecule has 0 aliphatic rings. The predicted octanol–water partition coefficient (Wildman–Crippen LogP) is 14.3. The van der Waals surface area contributed by atoms with Gasteiger partial charge in [0.1, 0.15) is 13.2 Å². The molecular weight excluding hydrogens is 685 g/mol. The Kier molecular flexibility index (Phi) is 41.1. The number of hydrogen-bond acceptors (Lipinski definition) is 6. The molecule has 0 amide bonds. The van der Waals surface area contributed by atoms with Gasteiger partial charge in [-0.25, -0.2) is 0 Å². The molecule has 0 aromatic rings. The standard InChI is InChI=1S/C49H82O6/c1-4-7-10-13-16-19-22-24-27-30-33-36-39-42-48(51)54-45-46(44-53-47(50)41-38-35-32-29-26-21-18-15-12-9-6-3)55-49(52)43-40-37-34-31-28-25-23-20-17-14-11-8-5-2/h7,10,13,16,19,22,24-25,27-28,34,37,46H,4-6,8-9,11-12,14-15,17-18,20-21,23,26,29-33,35-36,38-45H2,1-3H3/b10-7-,16-13-,22-19-,27-24-,28-25-,37-34-. The Bertz CT molecular complexity index is 1070. The lowest BCUT2D eigenvalue weighted by Crippen LogP contribution is -2.30. The topological polar surface area (TPSA) is 78.9 Å². The van der Waals surface area contributed by atoms with Crippen LogP contribution in [0.2, 0.25) is 0 Å². The largest absolute Gasteiger partial charge is 0.462 e. The molecule has 55 heavy (non-hydrogen) atoms. The molecule has 0 spiro atoms. The van der Waals surface area contributed by atoms with Gasteiger partial charge in [0.2, 0.25) is 0 Å². The molecule has 0 heterocycles. The Hall–Kier alpha value is -3.15. The maximum absolute atomic E-state index is 12.7. The summed E-state index contributed by atoms with van der Waals surface area (Å²) in [5.41, 5.74) is 0. The molecule has 0 aromatic heterocycles. The highest BCUT2D eigenvalue weighted by molar-refractivity contribution is 5.71. The average Bonchev–Trinajstić information content (AvgIpc) is 3.18. The Labute approximate surface area is 338 Å². The van der Waals surface area contributed by atoms with E-state index in [1.54, 1.807) is 0 Å². The van der Waals surface area contributed by atoms with Gasteiger partial charge in [-0.05, 0) is 57.8 Å². The Morgan fingerprint density at radius 3 is 1.35 bits per heavy atom. The Morgan fingerprint density at radius 1 is 0.400 bits per heavy atom. The molecule has 6 nitrogen and oxygen atoms in total. The lowest BCUT2D eigenvalue weighted by atomic mass is 10.1. The number of carbonyl (C=O) groups is 3. The summed E-state index contributed by atoms with van der Waals surface area (Å²) in [5.74, 6) is -1.03. The molecule has 0 N–H and O–H groups in total. The summed E-state index contributed by atoms with van der Waals surface area (Å²) in [6.07, 6.45) is 53.2. The third kappa shape index (κ3) is 41.8. The van der Waals surface area contributed by atoms with E-state index in [-0.39, 0.29) is 31.6 Å². The molecule has 0 aliphatic heterocycles. The summed E-state index contributed by atoms with van der Waals surface area (Å²) in [5, 5.41) is 0. The van der Waals surface area contributed by atoms with Crippen LogP contribution in [0.3, 0.4) is 0 Å².